The molecule has 0 spiro atoms. The lowest BCUT2D eigenvalue weighted by atomic mass is 10.2. The summed E-state index contributed by atoms with van der Waals surface area (Å²) in [7, 11) is 2.94. The van der Waals surface area contributed by atoms with E-state index in [1.807, 2.05) is 0 Å². The van der Waals surface area contributed by atoms with Crippen LogP contribution in [-0.4, -0.2) is 20.2 Å². The van der Waals surface area contributed by atoms with Gasteiger partial charge in [0, 0.05) is 3.57 Å². The van der Waals surface area contributed by atoms with Gasteiger partial charge in [0.15, 0.2) is 0 Å². The summed E-state index contributed by atoms with van der Waals surface area (Å²) in [5, 5.41) is 0. The fourth-order valence-corrected chi connectivity index (χ4v) is 2.12. The first kappa shape index (κ1) is 11.8. The molecule has 0 N–H and O–H groups in total. The first-order valence-corrected chi connectivity index (χ1v) is 5.58. The number of esters is 1. The molecule has 3 nitrogen and oxygen atoms in total. The van der Waals surface area contributed by atoms with Gasteiger partial charge >= 0.3 is 5.97 Å². The fourth-order valence-electron chi connectivity index (χ4n) is 0.951. The van der Waals surface area contributed by atoms with Gasteiger partial charge in [-0.15, -0.1) is 0 Å². The van der Waals surface area contributed by atoms with Crippen LogP contribution < -0.4 is 4.74 Å². The molecule has 0 heterocycles. The van der Waals surface area contributed by atoms with Gasteiger partial charge in [0.2, 0.25) is 0 Å². The second kappa shape index (κ2) is 4.97. The highest BCUT2D eigenvalue weighted by atomic mass is 127. The molecule has 0 amide bonds. The van der Waals surface area contributed by atoms with Crippen LogP contribution in [0.2, 0.25) is 0 Å². The average molecular weight is 371 g/mol. The summed E-state index contributed by atoms with van der Waals surface area (Å²) in [5.74, 6) is 0.347. The van der Waals surface area contributed by atoms with E-state index in [4.69, 9.17) is 4.74 Å². The topological polar surface area (TPSA) is 35.5 Å². The van der Waals surface area contributed by atoms with E-state index < -0.39 is 0 Å². The van der Waals surface area contributed by atoms with E-state index in [1.165, 1.54) is 7.11 Å². The third kappa shape index (κ3) is 2.38. The lowest BCUT2D eigenvalue weighted by Gasteiger charge is -2.07. The van der Waals surface area contributed by atoms with Crippen molar-refractivity contribution in [2.24, 2.45) is 0 Å². The molecule has 0 aliphatic rings. The molecule has 0 aliphatic heterocycles. The molecule has 0 bridgehead atoms. The number of hydrogen-bond acceptors (Lipinski definition) is 3. The molecule has 1 aromatic rings. The predicted molar refractivity (Wildman–Crippen MR) is 64.8 cm³/mol. The zero-order valence-electron chi connectivity index (χ0n) is 7.64. The summed E-state index contributed by atoms with van der Waals surface area (Å²) in [6, 6.07) is 3.46. The van der Waals surface area contributed by atoms with Gasteiger partial charge in [0.25, 0.3) is 0 Å². The number of rotatable bonds is 2. The Morgan fingerprint density at radius 1 is 1.43 bits per heavy atom. The number of methoxy groups -OCH3 is 2. The molecule has 1 rings (SSSR count). The average Bonchev–Trinajstić information content (AvgIpc) is 2.19. The maximum atomic E-state index is 11.3. The van der Waals surface area contributed by atoms with Crippen molar-refractivity contribution in [2.45, 2.75) is 0 Å². The van der Waals surface area contributed by atoms with Gasteiger partial charge < -0.3 is 9.47 Å². The Bertz CT molecular complexity index is 365. The molecular weight excluding hydrogens is 363 g/mol. The van der Waals surface area contributed by atoms with Crippen molar-refractivity contribution in [3.63, 3.8) is 0 Å². The Kier molecular flexibility index (Phi) is 4.18. The molecule has 0 saturated heterocycles. The van der Waals surface area contributed by atoms with Crippen molar-refractivity contribution in [3.8, 4) is 5.75 Å². The summed E-state index contributed by atoms with van der Waals surface area (Å²) in [4.78, 5) is 11.3. The van der Waals surface area contributed by atoms with Crippen molar-refractivity contribution in [1.29, 1.82) is 0 Å². The van der Waals surface area contributed by atoms with E-state index in [2.05, 4.69) is 43.3 Å². The van der Waals surface area contributed by atoms with Crippen molar-refractivity contribution in [2.75, 3.05) is 14.2 Å². The molecule has 0 unspecified atom stereocenters. The SMILES string of the molecule is COC(=O)c1cc(Br)c(OC)cc1I. The Morgan fingerprint density at radius 2 is 2.07 bits per heavy atom. The molecular formula is C9H8BrIO3. The number of carbonyl (C=O) groups excluding carboxylic acids is 1. The molecule has 0 fully saturated rings. The Labute approximate surface area is 104 Å². The Balaban J connectivity index is 3.21. The van der Waals surface area contributed by atoms with Gasteiger partial charge in [-0.25, -0.2) is 4.79 Å². The third-order valence-electron chi connectivity index (χ3n) is 1.65. The summed E-state index contributed by atoms with van der Waals surface area (Å²) in [6.45, 7) is 0. The van der Waals surface area contributed by atoms with E-state index in [0.29, 0.717) is 11.3 Å². The first-order chi connectivity index (χ1) is 6.60. The van der Waals surface area contributed by atoms with Crippen LogP contribution in [0.25, 0.3) is 0 Å². The highest BCUT2D eigenvalue weighted by Gasteiger charge is 2.13. The van der Waals surface area contributed by atoms with E-state index in [0.717, 1.165) is 8.04 Å². The second-order valence-corrected chi connectivity index (χ2v) is 4.47. The number of ether oxygens (including phenoxy) is 2. The minimum absolute atomic E-state index is 0.349. The van der Waals surface area contributed by atoms with E-state index in [1.54, 1.807) is 19.2 Å². The van der Waals surface area contributed by atoms with Crippen LogP contribution in [0.15, 0.2) is 16.6 Å². The third-order valence-corrected chi connectivity index (χ3v) is 3.16. The number of hydrogen-bond donors (Lipinski definition) is 0. The zero-order chi connectivity index (χ0) is 10.7. The van der Waals surface area contributed by atoms with Crippen LogP contribution in [0, 0.1) is 3.57 Å². The van der Waals surface area contributed by atoms with Crippen LogP contribution >= 0.6 is 38.5 Å². The lowest BCUT2D eigenvalue weighted by Crippen LogP contribution is -2.04. The maximum absolute atomic E-state index is 11.3. The monoisotopic (exact) mass is 370 g/mol. The first-order valence-electron chi connectivity index (χ1n) is 3.71. The van der Waals surface area contributed by atoms with Gasteiger partial charge in [-0.2, -0.15) is 0 Å². The van der Waals surface area contributed by atoms with E-state index in [-0.39, 0.29) is 5.97 Å². The van der Waals surface area contributed by atoms with Crippen molar-refractivity contribution >= 4 is 44.5 Å². The smallest absolute Gasteiger partial charge is 0.338 e. The zero-order valence-corrected chi connectivity index (χ0v) is 11.4. The van der Waals surface area contributed by atoms with Crippen LogP contribution in [0.4, 0.5) is 0 Å². The molecule has 0 aliphatic carbocycles. The van der Waals surface area contributed by atoms with Gasteiger partial charge in [-0.3, -0.25) is 0 Å². The second-order valence-electron chi connectivity index (χ2n) is 2.46. The van der Waals surface area contributed by atoms with Gasteiger partial charge in [-0.1, -0.05) is 0 Å². The van der Waals surface area contributed by atoms with Gasteiger partial charge in [0.05, 0.1) is 24.3 Å². The molecule has 0 atom stereocenters. The molecule has 1 aromatic carbocycles. The maximum Gasteiger partial charge on any atom is 0.338 e. The minimum atomic E-state index is -0.349. The molecule has 0 saturated carbocycles. The molecule has 14 heavy (non-hydrogen) atoms. The lowest BCUT2D eigenvalue weighted by molar-refractivity contribution is 0.0599. The van der Waals surface area contributed by atoms with Crippen molar-refractivity contribution < 1.29 is 14.3 Å². The van der Waals surface area contributed by atoms with Gasteiger partial charge in [0.1, 0.15) is 5.75 Å². The molecule has 76 valence electrons. The number of benzene rings is 1. The summed E-state index contributed by atoms with van der Waals surface area (Å²) >= 11 is 5.37. The van der Waals surface area contributed by atoms with Crippen LogP contribution in [0.1, 0.15) is 10.4 Å². The normalized spacial score (nSPS) is 9.71. The largest absolute Gasteiger partial charge is 0.496 e. The summed E-state index contributed by atoms with van der Waals surface area (Å²) < 4.78 is 11.3. The minimum Gasteiger partial charge on any atom is -0.496 e. The van der Waals surface area contributed by atoms with E-state index >= 15 is 0 Å². The molecule has 5 heteroatoms. The van der Waals surface area contributed by atoms with Gasteiger partial charge in [-0.05, 0) is 50.7 Å². The van der Waals surface area contributed by atoms with Crippen molar-refractivity contribution in [3.05, 3.63) is 25.7 Å². The fraction of sp³-hybridized carbons (Fsp3) is 0.222. The quantitative estimate of drug-likeness (QED) is 0.593. The highest BCUT2D eigenvalue weighted by molar-refractivity contribution is 14.1. The molecule has 0 aromatic heterocycles. The van der Waals surface area contributed by atoms with E-state index in [9.17, 15) is 4.79 Å². The highest BCUT2D eigenvalue weighted by Crippen LogP contribution is 2.29. The summed E-state index contributed by atoms with van der Waals surface area (Å²) in [5.41, 5.74) is 0.528. The van der Waals surface area contributed by atoms with Crippen LogP contribution in [0.5, 0.6) is 5.75 Å². The summed E-state index contributed by atoms with van der Waals surface area (Å²) in [6.07, 6.45) is 0. The standard InChI is InChI=1S/C9H8BrIO3/c1-13-8-4-7(11)5(3-6(8)10)9(12)14-2/h3-4H,1-2H3. The Morgan fingerprint density at radius 3 is 2.57 bits per heavy atom. The predicted octanol–water partition coefficient (Wildman–Crippen LogP) is 2.85. The number of carbonyl (C=O) groups is 1. The van der Waals surface area contributed by atoms with Crippen LogP contribution in [0.3, 0.4) is 0 Å². The number of halogens is 2. The molecule has 0 radical (unpaired) electrons. The Hall–Kier alpha value is -0.300. The van der Waals surface area contributed by atoms with Crippen molar-refractivity contribution in [1.82, 2.24) is 0 Å². The van der Waals surface area contributed by atoms with Crippen LogP contribution in [-0.2, 0) is 4.74 Å².